The quantitative estimate of drug-likeness (QED) is 0.491. The summed E-state index contributed by atoms with van der Waals surface area (Å²) >= 11 is 0. The van der Waals surface area contributed by atoms with Crippen LogP contribution in [0.3, 0.4) is 0 Å². The van der Waals surface area contributed by atoms with E-state index in [4.69, 9.17) is 9.84 Å². The zero-order valence-corrected chi connectivity index (χ0v) is 9.75. The van der Waals surface area contributed by atoms with Crippen LogP contribution in [0.4, 0.5) is 0 Å². The number of hydrogen-bond acceptors (Lipinski definition) is 6. The summed E-state index contributed by atoms with van der Waals surface area (Å²) in [6.45, 7) is 2.86. The van der Waals surface area contributed by atoms with Crippen LogP contribution in [0.5, 0.6) is 0 Å². The van der Waals surface area contributed by atoms with Crippen LogP contribution >= 0.6 is 0 Å². The lowest BCUT2D eigenvalue weighted by Gasteiger charge is -2.39. The van der Waals surface area contributed by atoms with Crippen molar-refractivity contribution in [3.8, 4) is 0 Å². The molecule has 0 aliphatic carbocycles. The molecule has 2 aliphatic heterocycles. The van der Waals surface area contributed by atoms with Gasteiger partial charge in [0.1, 0.15) is 0 Å². The molecule has 0 saturated carbocycles. The summed E-state index contributed by atoms with van der Waals surface area (Å²) in [7, 11) is 0. The molecule has 2 rings (SSSR count). The first kappa shape index (κ1) is 12.7. The van der Waals surface area contributed by atoms with E-state index in [1.54, 1.807) is 0 Å². The molecular formula is C10H19N3O4. The number of aliphatic hydroxyl groups is 1. The van der Waals surface area contributed by atoms with Crippen molar-refractivity contribution < 1.29 is 14.8 Å². The first-order chi connectivity index (χ1) is 8.20. The highest BCUT2D eigenvalue weighted by molar-refractivity contribution is 4.83. The van der Waals surface area contributed by atoms with Crippen LogP contribution in [0, 0.1) is 10.1 Å². The third-order valence-electron chi connectivity index (χ3n) is 3.51. The summed E-state index contributed by atoms with van der Waals surface area (Å²) < 4.78 is 5.39. The van der Waals surface area contributed by atoms with Crippen LogP contribution in [0.2, 0.25) is 0 Å². The van der Waals surface area contributed by atoms with Gasteiger partial charge in [-0.2, -0.15) is 0 Å². The number of ether oxygens (including phenoxy) is 1. The largest absolute Gasteiger partial charge is 0.394 e. The Morgan fingerprint density at radius 2 is 2.35 bits per heavy atom. The Bertz CT molecular complexity index is 268. The second kappa shape index (κ2) is 5.72. The number of aliphatic hydroxyl groups excluding tert-OH is 1. The topological polar surface area (TPSA) is 87.9 Å². The highest BCUT2D eigenvalue weighted by Gasteiger charge is 2.32. The SMILES string of the molecule is O=[N+]([O-])[C@H]1CC[C@H](N2CCO[C@H](CO)C2)CN1. The normalized spacial score (nSPS) is 35.7. The standard InChI is InChI=1S/C10H19N3O4/c14-7-9-6-12(3-4-17-9)8-1-2-10(11-5-8)13(15)16/h8-11,14H,1-7H2/t8-,9-,10-/m0/s1. The predicted octanol–water partition coefficient (Wildman–Crippen LogP) is -0.966. The Hall–Kier alpha value is -0.760. The lowest BCUT2D eigenvalue weighted by molar-refractivity contribution is -0.532. The van der Waals surface area contributed by atoms with Crippen LogP contribution < -0.4 is 5.32 Å². The molecule has 7 heteroatoms. The Kier molecular flexibility index (Phi) is 4.27. The smallest absolute Gasteiger partial charge is 0.266 e. The number of rotatable bonds is 3. The lowest BCUT2D eigenvalue weighted by Crippen LogP contribution is -2.56. The molecule has 2 fully saturated rings. The molecule has 0 radical (unpaired) electrons. The fraction of sp³-hybridized carbons (Fsp3) is 1.00. The van der Waals surface area contributed by atoms with E-state index >= 15 is 0 Å². The summed E-state index contributed by atoms with van der Waals surface area (Å²) in [5.74, 6) is 0. The van der Waals surface area contributed by atoms with Crippen LogP contribution in [-0.4, -0.2) is 66.1 Å². The zero-order valence-electron chi connectivity index (χ0n) is 9.75. The van der Waals surface area contributed by atoms with E-state index in [0.29, 0.717) is 32.2 Å². The van der Waals surface area contributed by atoms with E-state index in [1.807, 2.05) is 0 Å². The number of hydrogen-bond donors (Lipinski definition) is 2. The van der Waals surface area contributed by atoms with Crippen LogP contribution in [0.15, 0.2) is 0 Å². The van der Waals surface area contributed by atoms with E-state index in [0.717, 1.165) is 13.0 Å². The molecule has 98 valence electrons. The van der Waals surface area contributed by atoms with Crippen molar-refractivity contribution in [2.24, 2.45) is 0 Å². The van der Waals surface area contributed by atoms with Crippen LogP contribution in [0.1, 0.15) is 12.8 Å². The van der Waals surface area contributed by atoms with E-state index in [-0.39, 0.29) is 17.6 Å². The first-order valence-corrected chi connectivity index (χ1v) is 6.04. The van der Waals surface area contributed by atoms with Gasteiger partial charge in [0.15, 0.2) is 0 Å². The number of morpholine rings is 1. The Labute approximate surface area is 99.9 Å². The van der Waals surface area contributed by atoms with E-state index in [9.17, 15) is 10.1 Å². The summed E-state index contributed by atoms with van der Waals surface area (Å²) in [6, 6.07) is 0.323. The molecule has 2 heterocycles. The second-order valence-corrected chi connectivity index (χ2v) is 4.61. The van der Waals surface area contributed by atoms with Crippen molar-refractivity contribution in [1.29, 1.82) is 0 Å². The number of nitrogens with zero attached hydrogens (tertiary/aromatic N) is 2. The van der Waals surface area contributed by atoms with Gasteiger partial charge in [0.25, 0.3) is 6.17 Å². The Morgan fingerprint density at radius 1 is 1.53 bits per heavy atom. The summed E-state index contributed by atoms with van der Waals surface area (Å²) in [4.78, 5) is 12.6. The maximum atomic E-state index is 10.6. The van der Waals surface area contributed by atoms with Crippen molar-refractivity contribution in [3.05, 3.63) is 10.1 Å². The fourth-order valence-electron chi connectivity index (χ4n) is 2.50. The van der Waals surface area contributed by atoms with Gasteiger partial charge in [0.05, 0.1) is 19.3 Å². The van der Waals surface area contributed by atoms with Gasteiger partial charge in [-0.05, 0) is 6.42 Å². The molecule has 0 aromatic rings. The van der Waals surface area contributed by atoms with Gasteiger partial charge in [0, 0.05) is 37.0 Å². The third-order valence-corrected chi connectivity index (χ3v) is 3.51. The molecule has 17 heavy (non-hydrogen) atoms. The highest BCUT2D eigenvalue weighted by atomic mass is 16.6. The molecule has 0 aromatic carbocycles. The molecule has 2 aliphatic rings. The minimum absolute atomic E-state index is 0.0359. The van der Waals surface area contributed by atoms with Gasteiger partial charge in [0.2, 0.25) is 0 Å². The van der Waals surface area contributed by atoms with E-state index in [1.165, 1.54) is 0 Å². The summed E-state index contributed by atoms with van der Waals surface area (Å²) in [5.41, 5.74) is 0. The van der Waals surface area contributed by atoms with Gasteiger partial charge in [-0.1, -0.05) is 0 Å². The van der Waals surface area contributed by atoms with Gasteiger partial charge in [-0.15, -0.1) is 0 Å². The van der Waals surface area contributed by atoms with Crippen molar-refractivity contribution in [1.82, 2.24) is 10.2 Å². The van der Waals surface area contributed by atoms with Crippen molar-refractivity contribution in [2.45, 2.75) is 31.2 Å². The average molecular weight is 245 g/mol. The molecular weight excluding hydrogens is 226 g/mol. The lowest BCUT2D eigenvalue weighted by atomic mass is 10.0. The van der Waals surface area contributed by atoms with Crippen LogP contribution in [0.25, 0.3) is 0 Å². The van der Waals surface area contributed by atoms with E-state index < -0.39 is 6.17 Å². The predicted molar refractivity (Wildman–Crippen MR) is 60.2 cm³/mol. The molecule has 2 saturated heterocycles. The zero-order chi connectivity index (χ0) is 12.3. The molecule has 0 aromatic heterocycles. The minimum Gasteiger partial charge on any atom is -0.394 e. The first-order valence-electron chi connectivity index (χ1n) is 6.04. The molecule has 0 amide bonds. The van der Waals surface area contributed by atoms with Gasteiger partial charge in [-0.3, -0.25) is 20.3 Å². The van der Waals surface area contributed by atoms with Crippen LogP contribution in [-0.2, 0) is 4.74 Å². The summed E-state index contributed by atoms with van der Waals surface area (Å²) in [5, 5.41) is 22.6. The monoisotopic (exact) mass is 245 g/mol. The van der Waals surface area contributed by atoms with E-state index in [2.05, 4.69) is 10.2 Å². The minimum atomic E-state index is -0.596. The van der Waals surface area contributed by atoms with Gasteiger partial charge in [-0.25, -0.2) is 0 Å². The maximum absolute atomic E-state index is 10.6. The second-order valence-electron chi connectivity index (χ2n) is 4.61. The maximum Gasteiger partial charge on any atom is 0.266 e. The van der Waals surface area contributed by atoms with Gasteiger partial charge >= 0.3 is 0 Å². The molecule has 0 spiro atoms. The Balaban J connectivity index is 1.81. The molecule has 0 bridgehead atoms. The Morgan fingerprint density at radius 3 is 2.94 bits per heavy atom. The van der Waals surface area contributed by atoms with Gasteiger partial charge < -0.3 is 9.84 Å². The van der Waals surface area contributed by atoms with Crippen molar-refractivity contribution in [2.75, 3.05) is 32.8 Å². The highest BCUT2D eigenvalue weighted by Crippen LogP contribution is 2.17. The molecule has 3 atom stereocenters. The van der Waals surface area contributed by atoms with Crippen molar-refractivity contribution in [3.63, 3.8) is 0 Å². The third kappa shape index (κ3) is 3.12. The average Bonchev–Trinajstić information content (AvgIpc) is 2.39. The molecule has 7 nitrogen and oxygen atoms in total. The number of piperidine rings is 1. The molecule has 2 N–H and O–H groups in total. The summed E-state index contributed by atoms with van der Waals surface area (Å²) in [6.07, 6.45) is 0.688. The fourth-order valence-corrected chi connectivity index (χ4v) is 2.50. The number of nitrogens with one attached hydrogen (secondary N) is 1. The molecule has 0 unspecified atom stereocenters. The van der Waals surface area contributed by atoms with Crippen molar-refractivity contribution >= 4 is 0 Å². The number of nitro groups is 1.